The van der Waals surface area contributed by atoms with Crippen molar-refractivity contribution in [3.8, 4) is 5.88 Å². The van der Waals surface area contributed by atoms with Crippen LogP contribution in [0.1, 0.15) is 12.8 Å². The van der Waals surface area contributed by atoms with E-state index in [1.807, 2.05) is 18.2 Å². The Morgan fingerprint density at radius 2 is 2.40 bits per heavy atom. The molecule has 0 radical (unpaired) electrons. The first-order chi connectivity index (χ1) is 7.29. The van der Waals surface area contributed by atoms with Crippen LogP contribution in [0.15, 0.2) is 18.2 Å². The molecule has 15 heavy (non-hydrogen) atoms. The molecule has 1 aliphatic heterocycles. The Bertz CT molecular complexity index is 330. The summed E-state index contributed by atoms with van der Waals surface area (Å²) >= 11 is 0. The minimum absolute atomic E-state index is 0.230. The van der Waals surface area contributed by atoms with E-state index >= 15 is 0 Å². The van der Waals surface area contributed by atoms with Gasteiger partial charge in [0.15, 0.2) is 0 Å². The number of ether oxygens (including phenoxy) is 1. The van der Waals surface area contributed by atoms with Gasteiger partial charge in [-0.2, -0.15) is 4.98 Å². The Morgan fingerprint density at radius 3 is 3.13 bits per heavy atom. The van der Waals surface area contributed by atoms with Crippen LogP contribution in [0, 0.1) is 0 Å². The molecule has 1 fully saturated rings. The normalized spacial score (nSPS) is 21.5. The molecular weight excluding hydrogens is 192 g/mol. The highest BCUT2D eigenvalue weighted by Gasteiger charge is 2.18. The fraction of sp³-hybridized carbons (Fsp3) is 0.545. The number of anilines is 1. The molecule has 0 aromatic carbocycles. The molecule has 2 rings (SSSR count). The maximum Gasteiger partial charge on any atom is 0.214 e. The Morgan fingerprint density at radius 1 is 1.53 bits per heavy atom. The number of aliphatic hydroxyl groups is 1. The first-order valence-corrected chi connectivity index (χ1v) is 5.23. The summed E-state index contributed by atoms with van der Waals surface area (Å²) in [5.41, 5.74) is 0. The highest BCUT2D eigenvalue weighted by Crippen LogP contribution is 2.19. The lowest BCUT2D eigenvalue weighted by Gasteiger charge is -2.31. The van der Waals surface area contributed by atoms with Gasteiger partial charge >= 0.3 is 0 Å². The van der Waals surface area contributed by atoms with Crippen molar-refractivity contribution in [3.63, 3.8) is 0 Å². The minimum atomic E-state index is -0.230. The van der Waals surface area contributed by atoms with E-state index in [1.165, 1.54) is 0 Å². The van der Waals surface area contributed by atoms with E-state index in [-0.39, 0.29) is 6.10 Å². The fourth-order valence-electron chi connectivity index (χ4n) is 1.86. The Labute approximate surface area is 89.5 Å². The predicted molar refractivity (Wildman–Crippen MR) is 58.2 cm³/mol. The van der Waals surface area contributed by atoms with Crippen LogP contribution in [0.2, 0.25) is 0 Å². The third-order valence-corrected chi connectivity index (χ3v) is 2.64. The highest BCUT2D eigenvalue weighted by molar-refractivity contribution is 5.41. The SMILES string of the molecule is COc1cccc(N2CCC[C@H](O)C2)n1. The Hall–Kier alpha value is -1.29. The quantitative estimate of drug-likeness (QED) is 0.789. The van der Waals surface area contributed by atoms with Gasteiger partial charge in [0.25, 0.3) is 0 Å². The highest BCUT2D eigenvalue weighted by atomic mass is 16.5. The maximum atomic E-state index is 9.57. The second-order valence-electron chi connectivity index (χ2n) is 3.78. The molecule has 0 aliphatic carbocycles. The van der Waals surface area contributed by atoms with E-state index < -0.39 is 0 Å². The van der Waals surface area contributed by atoms with Crippen molar-refractivity contribution in [2.75, 3.05) is 25.1 Å². The third-order valence-electron chi connectivity index (χ3n) is 2.64. The third kappa shape index (κ3) is 2.39. The van der Waals surface area contributed by atoms with Crippen LogP contribution in [-0.4, -0.2) is 36.4 Å². The number of β-amino-alcohol motifs (C(OH)–C–C–N with tert-alkyl or cyclic N) is 1. The zero-order valence-corrected chi connectivity index (χ0v) is 8.89. The molecule has 0 bridgehead atoms. The summed E-state index contributed by atoms with van der Waals surface area (Å²) in [4.78, 5) is 6.44. The van der Waals surface area contributed by atoms with Crippen molar-refractivity contribution in [2.24, 2.45) is 0 Å². The van der Waals surface area contributed by atoms with Gasteiger partial charge in [-0.05, 0) is 18.9 Å². The number of hydrogen-bond acceptors (Lipinski definition) is 4. The molecule has 82 valence electrons. The molecule has 1 N–H and O–H groups in total. The average molecular weight is 208 g/mol. The molecule has 1 aliphatic rings. The van der Waals surface area contributed by atoms with Crippen LogP contribution in [0.5, 0.6) is 5.88 Å². The van der Waals surface area contributed by atoms with E-state index in [0.717, 1.165) is 25.2 Å². The van der Waals surface area contributed by atoms with Gasteiger partial charge in [-0.1, -0.05) is 6.07 Å². The van der Waals surface area contributed by atoms with Crippen LogP contribution in [0.3, 0.4) is 0 Å². The molecule has 0 spiro atoms. The Kier molecular flexibility index (Phi) is 3.06. The van der Waals surface area contributed by atoms with Gasteiger partial charge in [0.2, 0.25) is 5.88 Å². The summed E-state index contributed by atoms with van der Waals surface area (Å²) in [6, 6.07) is 5.69. The van der Waals surface area contributed by atoms with Crippen molar-refractivity contribution < 1.29 is 9.84 Å². The number of rotatable bonds is 2. The van der Waals surface area contributed by atoms with Crippen LogP contribution in [0.4, 0.5) is 5.82 Å². The molecule has 4 nitrogen and oxygen atoms in total. The summed E-state index contributed by atoms with van der Waals surface area (Å²) in [6.45, 7) is 1.62. The molecule has 1 saturated heterocycles. The fourth-order valence-corrected chi connectivity index (χ4v) is 1.86. The molecule has 0 saturated carbocycles. The second kappa shape index (κ2) is 4.49. The van der Waals surface area contributed by atoms with Crippen LogP contribution >= 0.6 is 0 Å². The van der Waals surface area contributed by atoms with Crippen LogP contribution in [0.25, 0.3) is 0 Å². The number of nitrogens with zero attached hydrogens (tertiary/aromatic N) is 2. The van der Waals surface area contributed by atoms with E-state index in [1.54, 1.807) is 7.11 Å². The van der Waals surface area contributed by atoms with Gasteiger partial charge in [-0.3, -0.25) is 0 Å². The zero-order chi connectivity index (χ0) is 10.7. The average Bonchev–Trinajstić information content (AvgIpc) is 2.29. The first-order valence-electron chi connectivity index (χ1n) is 5.23. The van der Waals surface area contributed by atoms with Crippen molar-refractivity contribution in [1.29, 1.82) is 0 Å². The first kappa shape index (κ1) is 10.2. The molecule has 1 aromatic rings. The molecule has 4 heteroatoms. The number of aromatic nitrogens is 1. The molecule has 1 atom stereocenters. The number of piperidine rings is 1. The van der Waals surface area contributed by atoms with Gasteiger partial charge in [-0.15, -0.1) is 0 Å². The lowest BCUT2D eigenvalue weighted by Crippen LogP contribution is -2.38. The van der Waals surface area contributed by atoms with Crippen molar-refractivity contribution in [1.82, 2.24) is 4.98 Å². The molecule has 0 amide bonds. The predicted octanol–water partition coefficient (Wildman–Crippen LogP) is 1.05. The lowest BCUT2D eigenvalue weighted by atomic mass is 10.1. The maximum absolute atomic E-state index is 9.57. The Balaban J connectivity index is 2.13. The molecule has 0 unspecified atom stereocenters. The zero-order valence-electron chi connectivity index (χ0n) is 8.89. The van der Waals surface area contributed by atoms with Crippen molar-refractivity contribution in [3.05, 3.63) is 18.2 Å². The van der Waals surface area contributed by atoms with Gasteiger partial charge in [-0.25, -0.2) is 0 Å². The number of hydrogen-bond donors (Lipinski definition) is 1. The van der Waals surface area contributed by atoms with E-state index in [9.17, 15) is 5.11 Å². The second-order valence-corrected chi connectivity index (χ2v) is 3.78. The topological polar surface area (TPSA) is 45.6 Å². The van der Waals surface area contributed by atoms with E-state index in [0.29, 0.717) is 12.4 Å². The molecule has 2 heterocycles. The molecular formula is C11H16N2O2. The molecule has 1 aromatic heterocycles. The smallest absolute Gasteiger partial charge is 0.214 e. The van der Waals surface area contributed by atoms with Crippen molar-refractivity contribution >= 4 is 5.82 Å². The van der Waals surface area contributed by atoms with Gasteiger partial charge in [0.05, 0.1) is 13.2 Å². The van der Waals surface area contributed by atoms with Gasteiger partial charge < -0.3 is 14.7 Å². The summed E-state index contributed by atoms with van der Waals surface area (Å²) in [5, 5.41) is 9.57. The van der Waals surface area contributed by atoms with Gasteiger partial charge in [0.1, 0.15) is 5.82 Å². The minimum Gasteiger partial charge on any atom is -0.481 e. The van der Waals surface area contributed by atoms with E-state index in [2.05, 4.69) is 9.88 Å². The lowest BCUT2D eigenvalue weighted by molar-refractivity contribution is 0.154. The number of aliphatic hydroxyl groups excluding tert-OH is 1. The van der Waals surface area contributed by atoms with Crippen LogP contribution in [-0.2, 0) is 0 Å². The number of pyridine rings is 1. The summed E-state index contributed by atoms with van der Waals surface area (Å²) in [5.74, 6) is 1.50. The largest absolute Gasteiger partial charge is 0.481 e. The summed E-state index contributed by atoms with van der Waals surface area (Å²) in [7, 11) is 1.61. The summed E-state index contributed by atoms with van der Waals surface area (Å²) in [6.07, 6.45) is 1.67. The van der Waals surface area contributed by atoms with Crippen molar-refractivity contribution in [2.45, 2.75) is 18.9 Å². The van der Waals surface area contributed by atoms with E-state index in [4.69, 9.17) is 4.74 Å². The monoisotopic (exact) mass is 208 g/mol. The van der Waals surface area contributed by atoms with Crippen LogP contribution < -0.4 is 9.64 Å². The number of methoxy groups -OCH3 is 1. The standard InChI is InChI=1S/C11H16N2O2/c1-15-11-6-2-5-10(12-11)13-7-3-4-9(14)8-13/h2,5-6,9,14H,3-4,7-8H2,1H3/t9-/m0/s1. The van der Waals surface area contributed by atoms with Gasteiger partial charge in [0, 0.05) is 19.2 Å². The summed E-state index contributed by atoms with van der Waals surface area (Å²) < 4.78 is 5.07.